The van der Waals surface area contributed by atoms with Gasteiger partial charge in [-0.1, -0.05) is 0 Å². The summed E-state index contributed by atoms with van der Waals surface area (Å²) < 4.78 is 41.6. The minimum absolute atomic E-state index is 0.0235. The smallest absolute Gasteiger partial charge is 0.433 e. The first-order valence-corrected chi connectivity index (χ1v) is 4.17. The first kappa shape index (κ1) is 12.3. The van der Waals surface area contributed by atoms with E-state index < -0.39 is 24.3 Å². The largest absolute Gasteiger partial charge is 0.495 e. The fourth-order valence-electron chi connectivity index (χ4n) is 1.10. The van der Waals surface area contributed by atoms with Gasteiger partial charge in [0.1, 0.15) is 11.4 Å². The Morgan fingerprint density at radius 1 is 1.50 bits per heavy atom. The van der Waals surface area contributed by atoms with Gasteiger partial charge >= 0.3 is 12.1 Å². The van der Waals surface area contributed by atoms with Gasteiger partial charge in [-0.25, -0.2) is 4.98 Å². The molecule has 0 amide bonds. The Bertz CT molecular complexity index is 403. The van der Waals surface area contributed by atoms with Crippen molar-refractivity contribution in [1.82, 2.24) is 4.98 Å². The molecule has 4 nitrogen and oxygen atoms in total. The molecule has 0 atom stereocenters. The summed E-state index contributed by atoms with van der Waals surface area (Å²) in [6.07, 6.45) is -5.22. The van der Waals surface area contributed by atoms with E-state index in [0.717, 1.165) is 12.1 Å². The van der Waals surface area contributed by atoms with E-state index in [1.807, 2.05) is 0 Å². The van der Waals surface area contributed by atoms with Crippen LogP contribution in [0.25, 0.3) is 0 Å². The van der Waals surface area contributed by atoms with E-state index in [1.165, 1.54) is 7.11 Å². The van der Waals surface area contributed by atoms with Crippen LogP contribution in [-0.2, 0) is 17.4 Å². The second kappa shape index (κ2) is 4.38. The standard InChI is InChI=1S/C9H8F3NO3/c1-16-6-2-3-7(9(10,11)12)13-5(6)4-8(14)15/h2-3H,4H2,1H3,(H,14,15). The lowest BCUT2D eigenvalue weighted by Crippen LogP contribution is -2.12. The maximum absolute atomic E-state index is 12.3. The lowest BCUT2D eigenvalue weighted by atomic mass is 10.2. The summed E-state index contributed by atoms with van der Waals surface area (Å²) in [5, 5.41) is 8.50. The fraction of sp³-hybridized carbons (Fsp3) is 0.333. The first-order valence-electron chi connectivity index (χ1n) is 4.17. The summed E-state index contributed by atoms with van der Waals surface area (Å²) in [6.45, 7) is 0. The van der Waals surface area contributed by atoms with Crippen molar-refractivity contribution >= 4 is 5.97 Å². The normalized spacial score (nSPS) is 11.2. The number of alkyl halides is 3. The second-order valence-electron chi connectivity index (χ2n) is 2.91. The molecule has 1 aromatic heterocycles. The number of methoxy groups -OCH3 is 1. The minimum atomic E-state index is -4.60. The lowest BCUT2D eigenvalue weighted by Gasteiger charge is -2.10. The van der Waals surface area contributed by atoms with E-state index in [9.17, 15) is 18.0 Å². The number of carboxylic acid groups (broad SMARTS) is 1. The Morgan fingerprint density at radius 2 is 2.12 bits per heavy atom. The maximum Gasteiger partial charge on any atom is 0.433 e. The fourth-order valence-corrected chi connectivity index (χ4v) is 1.10. The van der Waals surface area contributed by atoms with Gasteiger partial charge < -0.3 is 9.84 Å². The molecule has 16 heavy (non-hydrogen) atoms. The summed E-state index contributed by atoms with van der Waals surface area (Å²) in [7, 11) is 1.23. The zero-order valence-corrected chi connectivity index (χ0v) is 8.21. The summed E-state index contributed by atoms with van der Waals surface area (Å²) in [4.78, 5) is 13.6. The molecule has 0 aliphatic heterocycles. The Hall–Kier alpha value is -1.79. The monoisotopic (exact) mass is 235 g/mol. The van der Waals surface area contributed by atoms with Crippen molar-refractivity contribution in [3.8, 4) is 5.75 Å². The zero-order chi connectivity index (χ0) is 12.3. The number of ether oxygens (including phenoxy) is 1. The minimum Gasteiger partial charge on any atom is -0.495 e. The number of rotatable bonds is 3. The lowest BCUT2D eigenvalue weighted by molar-refractivity contribution is -0.142. The van der Waals surface area contributed by atoms with Crippen LogP contribution in [0, 0.1) is 0 Å². The van der Waals surface area contributed by atoms with Crippen molar-refractivity contribution in [1.29, 1.82) is 0 Å². The van der Waals surface area contributed by atoms with Crippen molar-refractivity contribution < 1.29 is 27.8 Å². The molecule has 0 saturated heterocycles. The number of hydrogen-bond acceptors (Lipinski definition) is 3. The Labute approximate surface area is 88.7 Å². The SMILES string of the molecule is COc1ccc(C(F)(F)F)nc1CC(=O)O. The van der Waals surface area contributed by atoms with Crippen LogP contribution >= 0.6 is 0 Å². The maximum atomic E-state index is 12.3. The number of nitrogens with zero attached hydrogens (tertiary/aromatic N) is 1. The third-order valence-electron chi connectivity index (χ3n) is 1.76. The number of carboxylic acids is 1. The van der Waals surface area contributed by atoms with Gasteiger partial charge in [-0.2, -0.15) is 13.2 Å². The highest BCUT2D eigenvalue weighted by Gasteiger charge is 2.33. The number of pyridine rings is 1. The quantitative estimate of drug-likeness (QED) is 0.866. The molecule has 1 aromatic rings. The van der Waals surface area contributed by atoms with Crippen LogP contribution in [0.3, 0.4) is 0 Å². The molecule has 1 rings (SSSR count). The molecule has 88 valence electrons. The number of halogens is 3. The first-order chi connectivity index (χ1) is 7.34. The van der Waals surface area contributed by atoms with Crippen LogP contribution in [-0.4, -0.2) is 23.2 Å². The number of aromatic nitrogens is 1. The van der Waals surface area contributed by atoms with Crippen LogP contribution in [0.2, 0.25) is 0 Å². The summed E-state index contributed by atoms with van der Waals surface area (Å²) in [5.41, 5.74) is -1.38. The summed E-state index contributed by atoms with van der Waals surface area (Å²) in [6, 6.07) is 1.79. The van der Waals surface area contributed by atoms with Crippen LogP contribution in [0.5, 0.6) is 5.75 Å². The zero-order valence-electron chi connectivity index (χ0n) is 8.21. The van der Waals surface area contributed by atoms with E-state index in [1.54, 1.807) is 0 Å². The van der Waals surface area contributed by atoms with Gasteiger partial charge in [0, 0.05) is 0 Å². The predicted octanol–water partition coefficient (Wildman–Crippen LogP) is 1.74. The molecule has 0 unspecified atom stereocenters. The van der Waals surface area contributed by atoms with Gasteiger partial charge in [0.25, 0.3) is 0 Å². The van der Waals surface area contributed by atoms with E-state index in [-0.39, 0.29) is 11.4 Å². The molecule has 0 spiro atoms. The molecule has 0 aliphatic carbocycles. The molecule has 0 saturated carbocycles. The topological polar surface area (TPSA) is 59.4 Å². The van der Waals surface area contributed by atoms with Gasteiger partial charge in [-0.15, -0.1) is 0 Å². The van der Waals surface area contributed by atoms with Gasteiger partial charge in [0.2, 0.25) is 0 Å². The van der Waals surface area contributed by atoms with Crippen molar-refractivity contribution in [2.24, 2.45) is 0 Å². The van der Waals surface area contributed by atoms with E-state index in [2.05, 4.69) is 4.98 Å². The molecule has 0 aliphatic rings. The third kappa shape index (κ3) is 2.85. The molecule has 1 heterocycles. The predicted molar refractivity (Wildman–Crippen MR) is 47.1 cm³/mol. The summed E-state index contributed by atoms with van der Waals surface area (Å²) >= 11 is 0. The molecule has 0 aromatic carbocycles. The average molecular weight is 235 g/mol. The van der Waals surface area contributed by atoms with E-state index in [0.29, 0.717) is 0 Å². The highest BCUT2D eigenvalue weighted by molar-refractivity contribution is 5.70. The van der Waals surface area contributed by atoms with Gasteiger partial charge in [-0.3, -0.25) is 4.79 Å². The molecule has 7 heteroatoms. The highest BCUT2D eigenvalue weighted by atomic mass is 19.4. The average Bonchev–Trinajstić information content (AvgIpc) is 2.15. The number of aliphatic carboxylic acids is 1. The highest BCUT2D eigenvalue weighted by Crippen LogP contribution is 2.30. The molecule has 0 fully saturated rings. The van der Waals surface area contributed by atoms with E-state index >= 15 is 0 Å². The van der Waals surface area contributed by atoms with Crippen molar-refractivity contribution in [3.05, 3.63) is 23.5 Å². The Kier molecular flexibility index (Phi) is 3.36. The van der Waals surface area contributed by atoms with E-state index in [4.69, 9.17) is 9.84 Å². The van der Waals surface area contributed by atoms with Crippen molar-refractivity contribution in [3.63, 3.8) is 0 Å². The van der Waals surface area contributed by atoms with Crippen LogP contribution in [0.15, 0.2) is 12.1 Å². The molecule has 0 radical (unpaired) electrons. The third-order valence-corrected chi connectivity index (χ3v) is 1.76. The summed E-state index contributed by atoms with van der Waals surface area (Å²) in [5.74, 6) is -1.25. The Morgan fingerprint density at radius 3 is 2.56 bits per heavy atom. The van der Waals surface area contributed by atoms with Crippen molar-refractivity contribution in [2.75, 3.05) is 7.11 Å². The number of carbonyl (C=O) groups is 1. The van der Waals surface area contributed by atoms with Crippen LogP contribution in [0.4, 0.5) is 13.2 Å². The van der Waals surface area contributed by atoms with Gasteiger partial charge in [0.05, 0.1) is 19.2 Å². The molecular weight excluding hydrogens is 227 g/mol. The van der Waals surface area contributed by atoms with Gasteiger partial charge in [-0.05, 0) is 12.1 Å². The van der Waals surface area contributed by atoms with Gasteiger partial charge in [0.15, 0.2) is 0 Å². The molecule has 1 N–H and O–H groups in total. The Balaban J connectivity index is 3.16. The van der Waals surface area contributed by atoms with Crippen LogP contribution < -0.4 is 4.74 Å². The molecule has 0 bridgehead atoms. The van der Waals surface area contributed by atoms with Crippen LogP contribution in [0.1, 0.15) is 11.4 Å². The number of hydrogen-bond donors (Lipinski definition) is 1. The second-order valence-corrected chi connectivity index (χ2v) is 2.91. The molecular formula is C9H8F3NO3. The van der Waals surface area contributed by atoms with Crippen molar-refractivity contribution in [2.45, 2.75) is 12.6 Å².